The van der Waals surface area contributed by atoms with Crippen LogP contribution in [0.1, 0.15) is 22.8 Å². The summed E-state index contributed by atoms with van der Waals surface area (Å²) in [7, 11) is 1.59. The predicted molar refractivity (Wildman–Crippen MR) is 163 cm³/mol. The summed E-state index contributed by atoms with van der Waals surface area (Å²) in [5, 5.41) is 2.77. The first-order valence-corrected chi connectivity index (χ1v) is 13.3. The molecule has 5 rings (SSSR count). The second-order valence-corrected chi connectivity index (χ2v) is 9.43. The van der Waals surface area contributed by atoms with Gasteiger partial charge in [-0.3, -0.25) is 14.2 Å². The van der Waals surface area contributed by atoms with E-state index in [1.165, 1.54) is 20.4 Å². The number of hydrogen-bond acceptors (Lipinski definition) is 8. The van der Waals surface area contributed by atoms with E-state index in [0.29, 0.717) is 40.6 Å². The molecular formula is C31H28N8O4. The van der Waals surface area contributed by atoms with E-state index in [-0.39, 0.29) is 24.0 Å². The van der Waals surface area contributed by atoms with E-state index in [4.69, 9.17) is 10.5 Å². The Morgan fingerprint density at radius 2 is 1.81 bits per heavy atom. The van der Waals surface area contributed by atoms with Crippen LogP contribution < -0.4 is 21.6 Å². The zero-order valence-electron chi connectivity index (χ0n) is 23.7. The number of anilines is 3. The van der Waals surface area contributed by atoms with Gasteiger partial charge in [0.25, 0.3) is 5.91 Å². The van der Waals surface area contributed by atoms with Crippen molar-refractivity contribution in [1.29, 1.82) is 0 Å². The number of aromatic nitrogens is 5. The first-order chi connectivity index (χ1) is 20.8. The van der Waals surface area contributed by atoms with Gasteiger partial charge in [0.2, 0.25) is 0 Å². The monoisotopic (exact) mass is 576 g/mol. The van der Waals surface area contributed by atoms with Crippen LogP contribution >= 0.6 is 0 Å². The number of aryl methyl sites for hydroxylation is 1. The van der Waals surface area contributed by atoms with E-state index >= 15 is 0 Å². The fraction of sp³-hybridized carbons (Fsp3) is 0.161. The van der Waals surface area contributed by atoms with Crippen LogP contribution in [0, 0.1) is 18.8 Å². The summed E-state index contributed by atoms with van der Waals surface area (Å²) < 4.78 is 7.94. The average molecular weight is 577 g/mol. The minimum atomic E-state index is -0.467. The van der Waals surface area contributed by atoms with E-state index < -0.39 is 11.6 Å². The number of benzene rings is 2. The van der Waals surface area contributed by atoms with Gasteiger partial charge in [-0.1, -0.05) is 12.0 Å². The number of nitrogens with zero attached hydrogens (tertiary/aromatic N) is 6. The Hall–Kier alpha value is -5.80. The van der Waals surface area contributed by atoms with Crippen LogP contribution in [0.2, 0.25) is 0 Å². The van der Waals surface area contributed by atoms with E-state index in [0.717, 1.165) is 5.56 Å². The number of carbonyl (C=O) groups excluding carboxylic acids is 2. The fourth-order valence-electron chi connectivity index (χ4n) is 4.38. The molecule has 0 saturated carbocycles. The predicted octanol–water partition coefficient (Wildman–Crippen LogP) is 3.11. The summed E-state index contributed by atoms with van der Waals surface area (Å²) >= 11 is 0. The second kappa shape index (κ2) is 12.4. The van der Waals surface area contributed by atoms with Gasteiger partial charge in [0.05, 0.1) is 11.4 Å². The molecule has 0 bridgehead atoms. The summed E-state index contributed by atoms with van der Waals surface area (Å²) in [6.07, 6.45) is 2.89. The molecule has 2 amide bonds. The highest BCUT2D eigenvalue weighted by Crippen LogP contribution is 2.25. The molecule has 43 heavy (non-hydrogen) atoms. The third-order valence-electron chi connectivity index (χ3n) is 6.55. The molecule has 12 nitrogen and oxygen atoms in total. The summed E-state index contributed by atoms with van der Waals surface area (Å²) in [5.41, 5.74) is 9.10. The van der Waals surface area contributed by atoms with Gasteiger partial charge in [-0.25, -0.2) is 24.3 Å². The standard InChI is InChI=1S/C31H28N8O4/c1-4-43-16-6-9-26(40)37(3)23-7-5-8-24(18-23)39-29-27(28(32)34-19-35-29)38(31(39)42)22-12-10-21(11-13-22)30(41)36-25-17-20(2)14-15-33-25/h5,7-8,10-15,17-19H,4,16H2,1-3H3,(H2,32,34,35)(H,33,36,41). The minimum absolute atomic E-state index is 0.0983. The van der Waals surface area contributed by atoms with E-state index in [2.05, 4.69) is 32.1 Å². The van der Waals surface area contributed by atoms with Crippen molar-refractivity contribution in [2.45, 2.75) is 13.8 Å². The number of fused-ring (bicyclic) bond motifs is 1. The van der Waals surface area contributed by atoms with Gasteiger partial charge < -0.3 is 20.7 Å². The molecule has 0 unspecified atom stereocenters. The third kappa shape index (κ3) is 5.97. The number of hydrogen-bond donors (Lipinski definition) is 2. The van der Waals surface area contributed by atoms with Crippen molar-refractivity contribution < 1.29 is 14.3 Å². The number of amides is 2. The number of pyridine rings is 1. The smallest absolute Gasteiger partial charge is 0.339 e. The number of nitrogen functional groups attached to an aromatic ring is 1. The number of nitrogens with two attached hydrogens (primary N) is 1. The van der Waals surface area contributed by atoms with Crippen LogP contribution in [0.5, 0.6) is 0 Å². The van der Waals surface area contributed by atoms with Crippen LogP contribution in [0.15, 0.2) is 78.0 Å². The Morgan fingerprint density at radius 3 is 2.56 bits per heavy atom. The Labute approximate surface area is 246 Å². The number of rotatable bonds is 7. The lowest BCUT2D eigenvalue weighted by molar-refractivity contribution is -0.113. The highest BCUT2D eigenvalue weighted by molar-refractivity contribution is 6.05. The highest BCUT2D eigenvalue weighted by atomic mass is 16.5. The average Bonchev–Trinajstić information content (AvgIpc) is 3.31. The molecule has 216 valence electrons. The molecule has 2 aromatic carbocycles. The highest BCUT2D eigenvalue weighted by Gasteiger charge is 2.21. The normalized spacial score (nSPS) is 10.7. The molecule has 0 aliphatic heterocycles. The Kier molecular flexibility index (Phi) is 8.27. The molecule has 3 heterocycles. The first-order valence-electron chi connectivity index (χ1n) is 13.3. The van der Waals surface area contributed by atoms with Gasteiger partial charge >= 0.3 is 11.6 Å². The summed E-state index contributed by atoms with van der Waals surface area (Å²) in [4.78, 5) is 53.4. The number of carbonyl (C=O) groups is 2. The van der Waals surface area contributed by atoms with Gasteiger partial charge in [-0.2, -0.15) is 0 Å². The molecule has 3 N–H and O–H groups in total. The SMILES string of the molecule is CCOCC#CC(=O)N(C)c1cccc(-n2c(=O)n(-c3ccc(C(=O)Nc4cc(C)ccn4)cc3)c3c(N)ncnc32)c1. The molecule has 3 aromatic heterocycles. The minimum Gasteiger partial charge on any atom is -0.382 e. The first kappa shape index (κ1) is 28.7. The number of ether oxygens (including phenoxy) is 1. The van der Waals surface area contributed by atoms with Crippen LogP contribution in [-0.4, -0.2) is 56.2 Å². The Balaban J connectivity index is 1.51. The van der Waals surface area contributed by atoms with Crippen molar-refractivity contribution in [3.63, 3.8) is 0 Å². The molecular weight excluding hydrogens is 548 g/mol. The molecule has 12 heteroatoms. The molecule has 0 fully saturated rings. The molecule has 0 saturated heterocycles. The maximum absolute atomic E-state index is 13.9. The third-order valence-corrected chi connectivity index (χ3v) is 6.55. The van der Waals surface area contributed by atoms with E-state index in [9.17, 15) is 14.4 Å². The topological polar surface area (TPSA) is 150 Å². The second-order valence-electron chi connectivity index (χ2n) is 9.43. The lowest BCUT2D eigenvalue weighted by Gasteiger charge is -2.15. The molecule has 0 aliphatic rings. The van der Waals surface area contributed by atoms with Gasteiger partial charge in [0.15, 0.2) is 11.5 Å². The van der Waals surface area contributed by atoms with Crippen LogP contribution in [0.4, 0.5) is 17.3 Å². The Bertz CT molecular complexity index is 1950. The maximum Gasteiger partial charge on any atom is 0.339 e. The van der Waals surface area contributed by atoms with Crippen molar-refractivity contribution in [3.05, 3.63) is 94.8 Å². The summed E-state index contributed by atoms with van der Waals surface area (Å²) in [5.74, 6) is 4.99. The molecule has 5 aromatic rings. The van der Waals surface area contributed by atoms with E-state index in [1.54, 1.807) is 67.8 Å². The molecule has 0 aliphatic carbocycles. The quantitative estimate of drug-likeness (QED) is 0.222. The lowest BCUT2D eigenvalue weighted by Crippen LogP contribution is -2.25. The van der Waals surface area contributed by atoms with Crippen molar-refractivity contribution in [2.75, 3.05) is 36.2 Å². The lowest BCUT2D eigenvalue weighted by atomic mass is 10.2. The summed E-state index contributed by atoms with van der Waals surface area (Å²) in [6.45, 7) is 4.41. The number of nitrogens with one attached hydrogen (secondary N) is 1. The van der Waals surface area contributed by atoms with Gasteiger partial charge in [0, 0.05) is 31.1 Å². The van der Waals surface area contributed by atoms with Crippen molar-refractivity contribution in [3.8, 4) is 23.2 Å². The fourth-order valence-corrected chi connectivity index (χ4v) is 4.38. The van der Waals surface area contributed by atoms with Gasteiger partial charge in [0.1, 0.15) is 24.3 Å². The van der Waals surface area contributed by atoms with Crippen LogP contribution in [-0.2, 0) is 9.53 Å². The Morgan fingerprint density at radius 1 is 1.02 bits per heavy atom. The molecule has 0 spiro atoms. The van der Waals surface area contributed by atoms with Gasteiger partial charge in [-0.05, 0) is 79.9 Å². The van der Waals surface area contributed by atoms with Crippen molar-refractivity contribution in [2.24, 2.45) is 0 Å². The van der Waals surface area contributed by atoms with Crippen LogP contribution in [0.25, 0.3) is 22.5 Å². The zero-order valence-corrected chi connectivity index (χ0v) is 23.7. The van der Waals surface area contributed by atoms with Crippen LogP contribution in [0.3, 0.4) is 0 Å². The molecule has 0 atom stereocenters. The maximum atomic E-state index is 13.9. The van der Waals surface area contributed by atoms with Gasteiger partial charge in [-0.15, -0.1) is 0 Å². The number of imidazole rings is 1. The molecule has 0 radical (unpaired) electrons. The zero-order chi connectivity index (χ0) is 30.5. The van der Waals surface area contributed by atoms with E-state index in [1.807, 2.05) is 19.9 Å². The largest absolute Gasteiger partial charge is 0.382 e. The summed E-state index contributed by atoms with van der Waals surface area (Å²) in [6, 6.07) is 16.9. The van der Waals surface area contributed by atoms with Crippen molar-refractivity contribution >= 4 is 40.3 Å². The van der Waals surface area contributed by atoms with Crippen molar-refractivity contribution in [1.82, 2.24) is 24.1 Å².